The zero-order valence-corrected chi connectivity index (χ0v) is 28.7. The van der Waals surface area contributed by atoms with Crippen molar-refractivity contribution in [2.75, 3.05) is 4.90 Å². The van der Waals surface area contributed by atoms with Crippen LogP contribution in [0.5, 0.6) is 0 Å². The van der Waals surface area contributed by atoms with Gasteiger partial charge in [0.1, 0.15) is 16.7 Å². The molecule has 0 saturated carbocycles. The van der Waals surface area contributed by atoms with Gasteiger partial charge in [0, 0.05) is 38.9 Å². The van der Waals surface area contributed by atoms with E-state index >= 15 is 0 Å². The van der Waals surface area contributed by atoms with E-state index < -0.39 is 0 Å². The van der Waals surface area contributed by atoms with Crippen molar-refractivity contribution in [1.29, 1.82) is 0 Å². The van der Waals surface area contributed by atoms with Crippen LogP contribution in [0, 0.1) is 0 Å². The molecule has 0 N–H and O–H groups in total. The molecule has 0 bridgehead atoms. The van der Waals surface area contributed by atoms with Crippen LogP contribution in [0.3, 0.4) is 0 Å². The Morgan fingerprint density at radius 2 is 0.962 bits per heavy atom. The summed E-state index contributed by atoms with van der Waals surface area (Å²) in [5.41, 5.74) is 11.0. The molecule has 0 amide bonds. The van der Waals surface area contributed by atoms with E-state index in [-0.39, 0.29) is 0 Å². The lowest BCUT2D eigenvalue weighted by Crippen LogP contribution is -2.10. The molecule has 3 nitrogen and oxygen atoms in total. The molecule has 0 atom stereocenters. The van der Waals surface area contributed by atoms with Gasteiger partial charge < -0.3 is 13.7 Å². The summed E-state index contributed by atoms with van der Waals surface area (Å²) in [4.78, 5) is 2.29. The van der Waals surface area contributed by atoms with Crippen LogP contribution in [0.2, 0.25) is 0 Å². The number of nitrogens with zero attached hydrogens (tertiary/aromatic N) is 1. The lowest BCUT2D eigenvalue weighted by Gasteiger charge is -2.25. The molecular weight excluding hydrogens is 647 g/mol. The van der Waals surface area contributed by atoms with Gasteiger partial charge in [-0.25, -0.2) is 0 Å². The van der Waals surface area contributed by atoms with Gasteiger partial charge in [0.15, 0.2) is 5.58 Å². The molecule has 9 aromatic carbocycles. The lowest BCUT2D eigenvalue weighted by molar-refractivity contribution is 0.668. The van der Waals surface area contributed by atoms with E-state index in [4.69, 9.17) is 8.83 Å². The Morgan fingerprint density at radius 1 is 0.321 bits per heavy atom. The second-order valence-electron chi connectivity index (χ2n) is 13.7. The number of anilines is 3. The minimum atomic E-state index is 0.835. The van der Waals surface area contributed by atoms with Crippen LogP contribution in [0.25, 0.3) is 87.7 Å². The van der Waals surface area contributed by atoms with Crippen LogP contribution < -0.4 is 4.90 Å². The van der Waals surface area contributed by atoms with Crippen LogP contribution in [-0.2, 0) is 0 Å². The molecule has 248 valence electrons. The van der Waals surface area contributed by atoms with Gasteiger partial charge in [0.05, 0.1) is 11.4 Å². The number of fused-ring (bicyclic) bond motifs is 9. The summed E-state index contributed by atoms with van der Waals surface area (Å²) in [5, 5.41) is 9.41. The highest BCUT2D eigenvalue weighted by molar-refractivity contribution is 6.14. The van der Waals surface area contributed by atoms with Crippen molar-refractivity contribution in [2.24, 2.45) is 0 Å². The molecule has 0 aliphatic heterocycles. The van der Waals surface area contributed by atoms with Gasteiger partial charge >= 0.3 is 0 Å². The van der Waals surface area contributed by atoms with E-state index in [0.29, 0.717) is 0 Å². The summed E-state index contributed by atoms with van der Waals surface area (Å²) in [7, 11) is 0. The first kappa shape index (κ1) is 29.6. The topological polar surface area (TPSA) is 29.5 Å². The summed E-state index contributed by atoms with van der Waals surface area (Å²) >= 11 is 0. The van der Waals surface area contributed by atoms with E-state index in [2.05, 4.69) is 175 Å². The lowest BCUT2D eigenvalue weighted by atomic mass is 9.97. The zero-order valence-electron chi connectivity index (χ0n) is 28.7. The Kier molecular flexibility index (Phi) is 6.55. The smallest absolute Gasteiger partial charge is 0.159 e. The number of furan rings is 2. The Bertz CT molecular complexity index is 3170. The second kappa shape index (κ2) is 11.7. The van der Waals surface area contributed by atoms with E-state index in [0.717, 1.165) is 77.6 Å². The van der Waals surface area contributed by atoms with E-state index in [1.54, 1.807) is 0 Å². The van der Waals surface area contributed by atoms with Crippen molar-refractivity contribution in [3.63, 3.8) is 0 Å². The van der Waals surface area contributed by atoms with Crippen LogP contribution in [0.4, 0.5) is 17.1 Å². The van der Waals surface area contributed by atoms with Crippen LogP contribution >= 0.6 is 0 Å². The molecule has 0 saturated heterocycles. The largest absolute Gasteiger partial charge is 0.456 e. The molecule has 0 radical (unpaired) electrons. The van der Waals surface area contributed by atoms with Gasteiger partial charge in [-0.05, 0) is 80.7 Å². The summed E-state index contributed by atoms with van der Waals surface area (Å²) in [6.07, 6.45) is 0. The van der Waals surface area contributed by atoms with Crippen LogP contribution in [0.1, 0.15) is 0 Å². The maximum atomic E-state index is 6.93. The number of benzene rings is 9. The van der Waals surface area contributed by atoms with Gasteiger partial charge in [-0.2, -0.15) is 0 Å². The number of para-hydroxylation sites is 3. The number of hydrogen-bond donors (Lipinski definition) is 0. The summed E-state index contributed by atoms with van der Waals surface area (Å²) in [6.45, 7) is 0. The Balaban J connectivity index is 1.08. The minimum absolute atomic E-state index is 0.835. The highest BCUT2D eigenvalue weighted by Gasteiger charge is 2.22. The number of rotatable bonds is 5. The molecule has 3 heteroatoms. The summed E-state index contributed by atoms with van der Waals surface area (Å²) < 4.78 is 13.3. The van der Waals surface area contributed by atoms with Crippen molar-refractivity contribution in [1.82, 2.24) is 0 Å². The standard InChI is InChI=1S/C50H31NO2/c1-2-10-33(11-3-1)41-15-8-16-44-45-17-9-18-46(50(45)53-49(41)44)51(38-27-29-43-42-14-6-7-19-47(42)52-48(43)31-38)37-25-22-32(23-26-37)35-24-28-40-36(30-35)21-20-34-12-4-5-13-39(34)40/h1-31H. The molecule has 11 aromatic rings. The molecule has 0 fully saturated rings. The Hall–Kier alpha value is -7.10. The minimum Gasteiger partial charge on any atom is -0.456 e. The van der Waals surface area contributed by atoms with Crippen LogP contribution in [0.15, 0.2) is 197 Å². The van der Waals surface area contributed by atoms with Gasteiger partial charge in [0.25, 0.3) is 0 Å². The van der Waals surface area contributed by atoms with E-state index in [1.807, 2.05) is 18.2 Å². The molecule has 2 aromatic heterocycles. The van der Waals surface area contributed by atoms with Crippen molar-refractivity contribution < 1.29 is 8.83 Å². The third-order valence-electron chi connectivity index (χ3n) is 10.7. The monoisotopic (exact) mass is 677 g/mol. The van der Waals surface area contributed by atoms with Gasteiger partial charge in [-0.15, -0.1) is 0 Å². The fraction of sp³-hybridized carbons (Fsp3) is 0. The molecule has 0 spiro atoms. The maximum absolute atomic E-state index is 6.93. The quantitative estimate of drug-likeness (QED) is 0.170. The highest BCUT2D eigenvalue weighted by atomic mass is 16.3. The van der Waals surface area contributed by atoms with Crippen LogP contribution in [-0.4, -0.2) is 0 Å². The SMILES string of the molecule is c1ccc(-c2cccc3c2oc2c(N(c4ccc(-c5ccc6c(ccc7ccccc76)c5)cc4)c4ccc5c(c4)oc4ccccc45)cccc23)cc1. The van der Waals surface area contributed by atoms with Gasteiger partial charge in [-0.3, -0.25) is 0 Å². The van der Waals surface area contributed by atoms with Crippen molar-refractivity contribution in [3.05, 3.63) is 188 Å². The fourth-order valence-electron chi connectivity index (χ4n) is 8.10. The molecule has 0 unspecified atom stereocenters. The first-order valence-electron chi connectivity index (χ1n) is 18.0. The average Bonchev–Trinajstić information content (AvgIpc) is 3.80. The highest BCUT2D eigenvalue weighted by Crippen LogP contribution is 2.45. The third kappa shape index (κ3) is 4.75. The van der Waals surface area contributed by atoms with E-state index in [1.165, 1.54) is 27.1 Å². The first-order chi connectivity index (χ1) is 26.3. The Morgan fingerprint density at radius 3 is 1.85 bits per heavy atom. The first-order valence-corrected chi connectivity index (χ1v) is 18.0. The van der Waals surface area contributed by atoms with Gasteiger partial charge in [-0.1, -0.05) is 140 Å². The Labute approximate surface area is 305 Å². The van der Waals surface area contributed by atoms with Gasteiger partial charge in [0.2, 0.25) is 0 Å². The fourth-order valence-corrected chi connectivity index (χ4v) is 8.10. The van der Waals surface area contributed by atoms with Crippen molar-refractivity contribution in [2.45, 2.75) is 0 Å². The summed E-state index contributed by atoms with van der Waals surface area (Å²) in [5.74, 6) is 0. The third-order valence-corrected chi connectivity index (χ3v) is 10.7. The molecule has 0 aliphatic carbocycles. The second-order valence-corrected chi connectivity index (χ2v) is 13.7. The molecular formula is C50H31NO2. The normalized spacial score (nSPS) is 11.8. The zero-order chi connectivity index (χ0) is 34.9. The number of hydrogen-bond acceptors (Lipinski definition) is 3. The molecule has 0 aliphatic rings. The maximum Gasteiger partial charge on any atom is 0.159 e. The molecule has 53 heavy (non-hydrogen) atoms. The molecule has 2 heterocycles. The predicted molar refractivity (Wildman–Crippen MR) is 222 cm³/mol. The summed E-state index contributed by atoms with van der Waals surface area (Å²) in [6, 6.07) is 66.7. The average molecular weight is 678 g/mol. The van der Waals surface area contributed by atoms with Crippen molar-refractivity contribution >= 4 is 82.5 Å². The van der Waals surface area contributed by atoms with E-state index in [9.17, 15) is 0 Å². The van der Waals surface area contributed by atoms with Crippen molar-refractivity contribution in [3.8, 4) is 22.3 Å². The molecule has 11 rings (SSSR count). The predicted octanol–water partition coefficient (Wildman–Crippen LogP) is 14.6.